The van der Waals surface area contributed by atoms with Gasteiger partial charge in [-0.15, -0.1) is 0 Å². The van der Waals surface area contributed by atoms with Crippen molar-refractivity contribution in [3.63, 3.8) is 0 Å². The van der Waals surface area contributed by atoms with E-state index in [1.54, 1.807) is 0 Å². The molecular formula is C35H43N3O2. The fourth-order valence-corrected chi connectivity index (χ4v) is 6.56. The van der Waals surface area contributed by atoms with Crippen LogP contribution in [0, 0.1) is 6.92 Å². The number of aromatic nitrogens is 1. The number of benzene rings is 3. The van der Waals surface area contributed by atoms with E-state index in [9.17, 15) is 4.79 Å². The van der Waals surface area contributed by atoms with Gasteiger partial charge in [-0.1, -0.05) is 49.7 Å². The number of aryl methyl sites for hydroxylation is 1. The predicted octanol–water partition coefficient (Wildman–Crippen LogP) is 7.90. The van der Waals surface area contributed by atoms with Crippen molar-refractivity contribution in [3.05, 3.63) is 94.7 Å². The summed E-state index contributed by atoms with van der Waals surface area (Å²) in [5.74, 6) is -0.262. The summed E-state index contributed by atoms with van der Waals surface area (Å²) < 4.78 is 9.08. The Morgan fingerprint density at radius 2 is 1.43 bits per heavy atom. The van der Waals surface area contributed by atoms with Gasteiger partial charge in [0.05, 0.1) is 5.56 Å². The maximum atomic E-state index is 13.8. The molecule has 5 heteroatoms. The lowest BCUT2D eigenvalue weighted by atomic mass is 9.78. The molecule has 2 heterocycles. The van der Waals surface area contributed by atoms with Crippen LogP contribution < -0.4 is 9.80 Å². The van der Waals surface area contributed by atoms with Crippen LogP contribution in [0.5, 0.6) is 0 Å². The standard InChI is InChI=1S/C35H43N3O2/c1-7-12-23-38-25(6)33(29-15-13-14-16-32(29)38)35(26-17-19-27(20-18-26)36(8-2)9-3)31-22-21-28(37(10-4)11-5)24-30(31)34(39)40-35/h13-22,24H,7-12,23H2,1-6H3. The third kappa shape index (κ3) is 4.36. The quantitative estimate of drug-likeness (QED) is 0.182. The van der Waals surface area contributed by atoms with Crippen LogP contribution in [-0.4, -0.2) is 36.7 Å². The first-order valence-corrected chi connectivity index (χ1v) is 15.0. The highest BCUT2D eigenvalue weighted by molar-refractivity contribution is 5.99. The normalized spacial score (nSPS) is 16.3. The lowest BCUT2D eigenvalue weighted by Crippen LogP contribution is -2.31. The molecule has 0 radical (unpaired) electrons. The molecule has 40 heavy (non-hydrogen) atoms. The summed E-state index contributed by atoms with van der Waals surface area (Å²) in [7, 11) is 0. The minimum absolute atomic E-state index is 0.262. The highest BCUT2D eigenvalue weighted by Gasteiger charge is 2.51. The maximum Gasteiger partial charge on any atom is 0.340 e. The van der Waals surface area contributed by atoms with E-state index in [1.807, 2.05) is 6.07 Å². The van der Waals surface area contributed by atoms with Crippen LogP contribution in [-0.2, 0) is 16.9 Å². The Bertz CT molecular complexity index is 1500. The van der Waals surface area contributed by atoms with Crippen LogP contribution >= 0.6 is 0 Å². The van der Waals surface area contributed by atoms with Crippen LogP contribution in [0.25, 0.3) is 10.9 Å². The molecule has 0 N–H and O–H groups in total. The molecule has 1 aliphatic rings. The minimum Gasteiger partial charge on any atom is -0.440 e. The number of esters is 1. The van der Waals surface area contributed by atoms with E-state index in [4.69, 9.17) is 4.74 Å². The van der Waals surface area contributed by atoms with Crippen LogP contribution in [0.3, 0.4) is 0 Å². The van der Waals surface area contributed by atoms with Crippen molar-refractivity contribution in [2.45, 2.75) is 66.5 Å². The second kappa shape index (κ2) is 11.4. The second-order valence-electron chi connectivity index (χ2n) is 10.7. The first-order chi connectivity index (χ1) is 19.4. The van der Waals surface area contributed by atoms with Gasteiger partial charge in [-0.2, -0.15) is 0 Å². The zero-order chi connectivity index (χ0) is 28.4. The first kappa shape index (κ1) is 27.8. The Morgan fingerprint density at radius 3 is 2.08 bits per heavy atom. The van der Waals surface area contributed by atoms with E-state index in [-0.39, 0.29) is 5.97 Å². The Balaban J connectivity index is 1.81. The maximum absolute atomic E-state index is 13.8. The molecule has 0 aliphatic carbocycles. The Morgan fingerprint density at radius 1 is 0.800 bits per heavy atom. The van der Waals surface area contributed by atoms with Gasteiger partial charge >= 0.3 is 5.97 Å². The largest absolute Gasteiger partial charge is 0.440 e. The van der Waals surface area contributed by atoms with Gasteiger partial charge in [-0.05, 0) is 71.4 Å². The molecule has 1 unspecified atom stereocenters. The molecule has 0 fully saturated rings. The number of anilines is 2. The summed E-state index contributed by atoms with van der Waals surface area (Å²) in [4.78, 5) is 18.4. The van der Waals surface area contributed by atoms with Gasteiger partial charge in [0, 0.05) is 77.4 Å². The van der Waals surface area contributed by atoms with Gasteiger partial charge in [0.2, 0.25) is 0 Å². The van der Waals surface area contributed by atoms with E-state index >= 15 is 0 Å². The van der Waals surface area contributed by atoms with Crippen molar-refractivity contribution in [1.82, 2.24) is 4.57 Å². The number of unbranched alkanes of at least 4 members (excludes halogenated alkanes) is 1. The zero-order valence-electron chi connectivity index (χ0n) is 25.0. The molecule has 1 atom stereocenters. The van der Waals surface area contributed by atoms with Crippen molar-refractivity contribution < 1.29 is 9.53 Å². The number of hydrogen-bond acceptors (Lipinski definition) is 4. The molecule has 0 bridgehead atoms. The SMILES string of the molecule is CCCCn1c(C)c(C2(c3ccc(N(CC)CC)cc3)OC(=O)c3cc(N(CC)CC)ccc32)c2ccccc21. The molecule has 0 saturated carbocycles. The Hall–Kier alpha value is -3.73. The molecule has 210 valence electrons. The number of hydrogen-bond donors (Lipinski definition) is 0. The van der Waals surface area contributed by atoms with Gasteiger partial charge in [0.15, 0.2) is 5.60 Å². The molecule has 0 amide bonds. The molecule has 4 aromatic rings. The van der Waals surface area contributed by atoms with E-state index in [0.29, 0.717) is 5.56 Å². The van der Waals surface area contributed by atoms with Gasteiger partial charge in [0.25, 0.3) is 0 Å². The van der Waals surface area contributed by atoms with Crippen molar-refractivity contribution >= 4 is 28.2 Å². The molecular weight excluding hydrogens is 494 g/mol. The monoisotopic (exact) mass is 537 g/mol. The van der Waals surface area contributed by atoms with Gasteiger partial charge in [-0.3, -0.25) is 0 Å². The van der Waals surface area contributed by atoms with Crippen LogP contribution in [0.15, 0.2) is 66.7 Å². The van der Waals surface area contributed by atoms with Crippen LogP contribution in [0.4, 0.5) is 11.4 Å². The molecule has 0 saturated heterocycles. The number of para-hydroxylation sites is 1. The van der Waals surface area contributed by atoms with Crippen molar-refractivity contribution in [3.8, 4) is 0 Å². The van der Waals surface area contributed by atoms with Gasteiger partial charge < -0.3 is 19.1 Å². The molecule has 1 aliphatic heterocycles. The highest BCUT2D eigenvalue weighted by atomic mass is 16.6. The number of nitrogens with zero attached hydrogens (tertiary/aromatic N) is 3. The van der Waals surface area contributed by atoms with E-state index in [0.717, 1.165) is 79.0 Å². The average Bonchev–Trinajstić information content (AvgIpc) is 3.44. The third-order valence-corrected chi connectivity index (χ3v) is 8.70. The number of carbonyl (C=O) groups excluding carboxylic acids is 1. The predicted molar refractivity (Wildman–Crippen MR) is 167 cm³/mol. The van der Waals surface area contributed by atoms with Crippen molar-refractivity contribution in [2.24, 2.45) is 0 Å². The number of ether oxygens (including phenoxy) is 1. The molecule has 0 spiro atoms. The van der Waals surface area contributed by atoms with E-state index < -0.39 is 5.60 Å². The average molecular weight is 538 g/mol. The van der Waals surface area contributed by atoms with Crippen LogP contribution in [0.1, 0.15) is 80.2 Å². The van der Waals surface area contributed by atoms with Gasteiger partial charge in [0.1, 0.15) is 0 Å². The first-order valence-electron chi connectivity index (χ1n) is 15.0. The summed E-state index contributed by atoms with van der Waals surface area (Å²) in [6.45, 7) is 17.6. The summed E-state index contributed by atoms with van der Waals surface area (Å²) in [5.41, 5.74) is 7.15. The van der Waals surface area contributed by atoms with Gasteiger partial charge in [-0.25, -0.2) is 4.79 Å². The topological polar surface area (TPSA) is 37.7 Å². The van der Waals surface area contributed by atoms with E-state index in [1.165, 1.54) is 11.2 Å². The number of fused-ring (bicyclic) bond motifs is 2. The highest BCUT2D eigenvalue weighted by Crippen LogP contribution is 2.51. The van der Waals surface area contributed by atoms with E-state index in [2.05, 4.69) is 117 Å². The Kier molecular flexibility index (Phi) is 7.93. The molecule has 1 aromatic heterocycles. The molecule has 3 aromatic carbocycles. The third-order valence-electron chi connectivity index (χ3n) is 8.70. The summed E-state index contributed by atoms with van der Waals surface area (Å²) in [6, 6.07) is 23.5. The summed E-state index contributed by atoms with van der Waals surface area (Å²) >= 11 is 0. The zero-order valence-corrected chi connectivity index (χ0v) is 25.0. The second-order valence-corrected chi connectivity index (χ2v) is 10.7. The fourth-order valence-electron chi connectivity index (χ4n) is 6.56. The molecule has 5 rings (SSSR count). The minimum atomic E-state index is -1.03. The van der Waals surface area contributed by atoms with Crippen molar-refractivity contribution in [1.29, 1.82) is 0 Å². The summed E-state index contributed by atoms with van der Waals surface area (Å²) in [6.07, 6.45) is 2.21. The molecule has 5 nitrogen and oxygen atoms in total. The lowest BCUT2D eigenvalue weighted by Gasteiger charge is -2.32. The smallest absolute Gasteiger partial charge is 0.340 e. The Labute approximate surface area is 239 Å². The number of rotatable bonds is 11. The number of carbonyl (C=O) groups is 1. The van der Waals surface area contributed by atoms with Crippen molar-refractivity contribution in [2.75, 3.05) is 36.0 Å². The summed E-state index contributed by atoms with van der Waals surface area (Å²) in [5, 5.41) is 1.14. The lowest BCUT2D eigenvalue weighted by molar-refractivity contribution is 0.0253. The van der Waals surface area contributed by atoms with Crippen LogP contribution in [0.2, 0.25) is 0 Å². The fraction of sp³-hybridized carbons (Fsp3) is 0.400. The number of cyclic esters (lactones) is 1.